The van der Waals surface area contributed by atoms with Crippen molar-refractivity contribution in [2.75, 3.05) is 17.6 Å². The molecule has 0 aromatic heterocycles. The molecule has 4 nitrogen and oxygen atoms in total. The molecule has 0 unspecified atom stereocenters. The number of hydrogen-bond acceptors (Lipinski definition) is 3. The topological polar surface area (TPSA) is 67.2 Å². The summed E-state index contributed by atoms with van der Waals surface area (Å²) in [7, 11) is 0. The van der Waals surface area contributed by atoms with Gasteiger partial charge in [-0.25, -0.2) is 0 Å². The molecule has 0 fully saturated rings. The minimum absolute atomic E-state index is 0.110. The first-order chi connectivity index (χ1) is 9.60. The van der Waals surface area contributed by atoms with E-state index in [1.165, 1.54) is 5.56 Å². The lowest BCUT2D eigenvalue weighted by Crippen LogP contribution is -2.22. The molecule has 0 aliphatic rings. The minimum Gasteiger partial charge on any atom is -0.397 e. The fraction of sp³-hybridized carbons (Fsp3) is 0.188. The van der Waals surface area contributed by atoms with Crippen LogP contribution in [0.5, 0.6) is 0 Å². The summed E-state index contributed by atoms with van der Waals surface area (Å²) in [6, 6.07) is 13.3. The van der Waals surface area contributed by atoms with E-state index in [0.717, 1.165) is 11.4 Å². The number of amides is 1. The zero-order chi connectivity index (χ0) is 14.5. The van der Waals surface area contributed by atoms with E-state index in [2.05, 4.69) is 10.6 Å². The summed E-state index contributed by atoms with van der Waals surface area (Å²) in [6.07, 6.45) is 0. The van der Waals surface area contributed by atoms with Gasteiger partial charge in [-0.15, -0.1) is 0 Å². The number of hydrogen-bond donors (Lipinski definition) is 3. The van der Waals surface area contributed by atoms with Gasteiger partial charge < -0.3 is 16.4 Å². The van der Waals surface area contributed by atoms with Crippen molar-refractivity contribution in [3.05, 3.63) is 53.6 Å². The van der Waals surface area contributed by atoms with Gasteiger partial charge in [0.05, 0.1) is 11.4 Å². The van der Waals surface area contributed by atoms with E-state index in [-0.39, 0.29) is 5.91 Å². The molecule has 2 rings (SSSR count). The number of anilines is 3. The molecule has 0 spiro atoms. The largest absolute Gasteiger partial charge is 0.397 e. The minimum atomic E-state index is -0.110. The van der Waals surface area contributed by atoms with Crippen LogP contribution in [0.1, 0.15) is 22.8 Å². The first-order valence-electron chi connectivity index (χ1n) is 6.61. The highest BCUT2D eigenvalue weighted by Crippen LogP contribution is 2.24. The van der Waals surface area contributed by atoms with E-state index in [0.29, 0.717) is 17.8 Å². The lowest BCUT2D eigenvalue weighted by Gasteiger charge is -2.11. The van der Waals surface area contributed by atoms with E-state index >= 15 is 0 Å². The predicted octanol–water partition coefficient (Wildman–Crippen LogP) is 3.07. The standard InChI is InChI=1S/C16H19N3O/c1-3-18-16(20)12-6-9-15(14(17)10-12)19-13-7-4-11(2)5-8-13/h4-10,19H,3,17H2,1-2H3,(H,18,20). The Kier molecular flexibility index (Phi) is 4.25. The molecule has 20 heavy (non-hydrogen) atoms. The Morgan fingerprint density at radius 2 is 1.85 bits per heavy atom. The predicted molar refractivity (Wildman–Crippen MR) is 83.3 cm³/mol. The molecule has 0 atom stereocenters. The number of carbonyl (C=O) groups is 1. The molecule has 4 heteroatoms. The Labute approximate surface area is 119 Å². The first kappa shape index (κ1) is 13.9. The molecule has 2 aromatic carbocycles. The Hall–Kier alpha value is -2.49. The monoisotopic (exact) mass is 269 g/mol. The molecule has 0 bridgehead atoms. The second kappa shape index (κ2) is 6.10. The summed E-state index contributed by atoms with van der Waals surface area (Å²) in [5.41, 5.74) is 10.1. The molecular weight excluding hydrogens is 250 g/mol. The molecular formula is C16H19N3O. The number of aryl methyl sites for hydroxylation is 1. The second-order valence-electron chi connectivity index (χ2n) is 4.65. The van der Waals surface area contributed by atoms with Gasteiger partial charge in [0.2, 0.25) is 0 Å². The Balaban J connectivity index is 2.17. The smallest absolute Gasteiger partial charge is 0.251 e. The van der Waals surface area contributed by atoms with Crippen LogP contribution >= 0.6 is 0 Å². The average molecular weight is 269 g/mol. The van der Waals surface area contributed by atoms with Crippen molar-refractivity contribution < 1.29 is 4.79 Å². The fourth-order valence-corrected chi connectivity index (χ4v) is 1.87. The third-order valence-electron chi connectivity index (χ3n) is 2.98. The van der Waals surface area contributed by atoms with Gasteiger partial charge in [-0.1, -0.05) is 17.7 Å². The SMILES string of the molecule is CCNC(=O)c1ccc(Nc2ccc(C)cc2)c(N)c1. The van der Waals surface area contributed by atoms with Crippen molar-refractivity contribution in [3.63, 3.8) is 0 Å². The zero-order valence-corrected chi connectivity index (χ0v) is 11.7. The van der Waals surface area contributed by atoms with Crippen LogP contribution in [0.4, 0.5) is 17.1 Å². The summed E-state index contributed by atoms with van der Waals surface area (Å²) in [5, 5.41) is 5.99. The first-order valence-corrected chi connectivity index (χ1v) is 6.61. The molecule has 1 amide bonds. The molecule has 4 N–H and O–H groups in total. The number of nitrogen functional groups attached to an aromatic ring is 1. The van der Waals surface area contributed by atoms with Crippen LogP contribution < -0.4 is 16.4 Å². The van der Waals surface area contributed by atoms with Crippen LogP contribution in [0.15, 0.2) is 42.5 Å². The van der Waals surface area contributed by atoms with E-state index < -0.39 is 0 Å². The van der Waals surface area contributed by atoms with Gasteiger partial charge in [0, 0.05) is 17.8 Å². The highest BCUT2D eigenvalue weighted by atomic mass is 16.1. The van der Waals surface area contributed by atoms with Gasteiger partial charge in [-0.3, -0.25) is 4.79 Å². The lowest BCUT2D eigenvalue weighted by atomic mass is 10.1. The zero-order valence-electron chi connectivity index (χ0n) is 11.7. The maximum Gasteiger partial charge on any atom is 0.251 e. The second-order valence-corrected chi connectivity index (χ2v) is 4.65. The number of benzene rings is 2. The van der Waals surface area contributed by atoms with Crippen LogP contribution in [0.3, 0.4) is 0 Å². The summed E-state index contributed by atoms with van der Waals surface area (Å²) in [4.78, 5) is 11.7. The van der Waals surface area contributed by atoms with E-state index in [1.807, 2.05) is 44.2 Å². The lowest BCUT2D eigenvalue weighted by molar-refractivity contribution is 0.0956. The Morgan fingerprint density at radius 3 is 2.45 bits per heavy atom. The van der Waals surface area contributed by atoms with Crippen LogP contribution in [0, 0.1) is 6.92 Å². The average Bonchev–Trinajstić information content (AvgIpc) is 2.43. The molecule has 0 aliphatic heterocycles. The normalized spacial score (nSPS) is 10.1. The molecule has 2 aromatic rings. The molecule has 0 saturated heterocycles. The maximum atomic E-state index is 11.7. The van der Waals surface area contributed by atoms with Gasteiger partial charge in [-0.05, 0) is 44.2 Å². The van der Waals surface area contributed by atoms with Crippen LogP contribution in [0.25, 0.3) is 0 Å². The van der Waals surface area contributed by atoms with Crippen molar-refractivity contribution >= 4 is 23.0 Å². The van der Waals surface area contributed by atoms with Crippen molar-refractivity contribution in [2.24, 2.45) is 0 Å². The van der Waals surface area contributed by atoms with Gasteiger partial charge in [0.1, 0.15) is 0 Å². The Bertz CT molecular complexity index is 606. The molecule has 0 radical (unpaired) electrons. The number of nitrogens with two attached hydrogens (primary N) is 1. The quantitative estimate of drug-likeness (QED) is 0.747. The third kappa shape index (κ3) is 3.29. The summed E-state index contributed by atoms with van der Waals surface area (Å²) >= 11 is 0. The van der Waals surface area contributed by atoms with Crippen molar-refractivity contribution in [1.29, 1.82) is 0 Å². The maximum absolute atomic E-state index is 11.7. The van der Waals surface area contributed by atoms with E-state index in [4.69, 9.17) is 5.73 Å². The molecule has 0 aliphatic carbocycles. The summed E-state index contributed by atoms with van der Waals surface area (Å²) in [6.45, 7) is 4.52. The molecule has 104 valence electrons. The van der Waals surface area contributed by atoms with Crippen molar-refractivity contribution in [2.45, 2.75) is 13.8 Å². The molecule has 0 heterocycles. The number of carbonyl (C=O) groups excluding carboxylic acids is 1. The number of nitrogens with one attached hydrogen (secondary N) is 2. The highest BCUT2D eigenvalue weighted by Gasteiger charge is 2.07. The summed E-state index contributed by atoms with van der Waals surface area (Å²) < 4.78 is 0. The van der Waals surface area contributed by atoms with Crippen LogP contribution in [-0.4, -0.2) is 12.5 Å². The van der Waals surface area contributed by atoms with Gasteiger partial charge in [0.25, 0.3) is 5.91 Å². The van der Waals surface area contributed by atoms with Crippen LogP contribution in [0.2, 0.25) is 0 Å². The van der Waals surface area contributed by atoms with Crippen molar-refractivity contribution in [1.82, 2.24) is 5.32 Å². The van der Waals surface area contributed by atoms with Gasteiger partial charge >= 0.3 is 0 Å². The Morgan fingerprint density at radius 1 is 1.15 bits per heavy atom. The molecule has 0 saturated carbocycles. The van der Waals surface area contributed by atoms with Gasteiger partial charge in [0.15, 0.2) is 0 Å². The third-order valence-corrected chi connectivity index (χ3v) is 2.98. The van der Waals surface area contributed by atoms with E-state index in [1.54, 1.807) is 12.1 Å². The van der Waals surface area contributed by atoms with Gasteiger partial charge in [-0.2, -0.15) is 0 Å². The highest BCUT2D eigenvalue weighted by molar-refractivity contribution is 5.96. The van der Waals surface area contributed by atoms with Crippen molar-refractivity contribution in [3.8, 4) is 0 Å². The van der Waals surface area contributed by atoms with Crippen LogP contribution in [-0.2, 0) is 0 Å². The fourth-order valence-electron chi connectivity index (χ4n) is 1.87. The summed E-state index contributed by atoms with van der Waals surface area (Å²) in [5.74, 6) is -0.110. The number of rotatable bonds is 4. The van der Waals surface area contributed by atoms with E-state index in [9.17, 15) is 4.79 Å².